The normalized spacial score (nSPS) is 13.2. The van der Waals surface area contributed by atoms with Crippen LogP contribution in [0.25, 0.3) is 0 Å². The summed E-state index contributed by atoms with van der Waals surface area (Å²) in [5.74, 6) is 1.43. The van der Waals surface area contributed by atoms with Crippen LogP contribution in [0.3, 0.4) is 0 Å². The molecule has 1 aliphatic heterocycles. The van der Waals surface area contributed by atoms with Crippen molar-refractivity contribution in [3.63, 3.8) is 0 Å². The van der Waals surface area contributed by atoms with Crippen LogP contribution < -0.4 is 20.1 Å². The molecule has 2 aromatic rings. The van der Waals surface area contributed by atoms with Gasteiger partial charge in [-0.2, -0.15) is 0 Å². The maximum atomic E-state index is 12.4. The number of likely N-dealkylation sites (tertiary alicyclic amines) is 1. The average Bonchev–Trinajstić information content (AvgIpc) is 3.22. The molecular weight excluding hydrogens is 362 g/mol. The number of anilines is 2. The van der Waals surface area contributed by atoms with Crippen molar-refractivity contribution >= 4 is 34.6 Å². The second-order valence-corrected chi connectivity index (χ2v) is 6.67. The summed E-state index contributed by atoms with van der Waals surface area (Å²) in [7, 11) is 3.19. The van der Waals surface area contributed by atoms with Gasteiger partial charge in [0, 0.05) is 48.2 Å². The lowest BCUT2D eigenvalue weighted by Gasteiger charge is -2.16. The van der Waals surface area contributed by atoms with E-state index in [4.69, 9.17) is 21.7 Å². The van der Waals surface area contributed by atoms with Crippen molar-refractivity contribution in [2.45, 2.75) is 12.8 Å². The number of hydrogen-bond acceptors (Lipinski definition) is 4. The van der Waals surface area contributed by atoms with Gasteiger partial charge in [0.2, 0.25) is 0 Å². The summed E-state index contributed by atoms with van der Waals surface area (Å²) < 4.78 is 10.5. The Morgan fingerprint density at radius 1 is 0.926 bits per heavy atom. The highest BCUT2D eigenvalue weighted by Gasteiger charge is 2.19. The van der Waals surface area contributed by atoms with Crippen molar-refractivity contribution in [1.29, 1.82) is 0 Å². The fourth-order valence-electron chi connectivity index (χ4n) is 2.97. The molecule has 0 radical (unpaired) electrons. The van der Waals surface area contributed by atoms with Crippen LogP contribution >= 0.6 is 12.2 Å². The van der Waals surface area contributed by atoms with E-state index in [2.05, 4.69) is 10.6 Å². The van der Waals surface area contributed by atoms with Crippen LogP contribution in [-0.4, -0.2) is 43.2 Å². The van der Waals surface area contributed by atoms with Crippen LogP contribution in [0, 0.1) is 0 Å². The summed E-state index contributed by atoms with van der Waals surface area (Å²) in [6, 6.07) is 12.8. The summed E-state index contributed by atoms with van der Waals surface area (Å²) >= 11 is 5.37. The molecule has 0 unspecified atom stereocenters. The van der Waals surface area contributed by atoms with Gasteiger partial charge in [0.15, 0.2) is 5.11 Å². The summed E-state index contributed by atoms with van der Waals surface area (Å²) in [6.45, 7) is 1.69. The molecule has 1 amide bonds. The van der Waals surface area contributed by atoms with E-state index in [1.54, 1.807) is 20.3 Å². The summed E-state index contributed by atoms with van der Waals surface area (Å²) in [4.78, 5) is 14.3. The molecular formula is C20H23N3O3S. The molecule has 0 aliphatic carbocycles. The Kier molecular flexibility index (Phi) is 6.13. The minimum absolute atomic E-state index is 0.0863. The number of amides is 1. The van der Waals surface area contributed by atoms with E-state index in [0.29, 0.717) is 22.2 Å². The summed E-state index contributed by atoms with van der Waals surface area (Å²) in [5, 5.41) is 6.66. The largest absolute Gasteiger partial charge is 0.497 e. The predicted octanol–water partition coefficient (Wildman–Crippen LogP) is 3.75. The van der Waals surface area contributed by atoms with Crippen LogP contribution in [0.2, 0.25) is 0 Å². The SMILES string of the molecule is COc1cc(NC(=S)Nc2ccc(C(=O)N3CCCC3)cc2)cc(OC)c1. The highest BCUT2D eigenvalue weighted by molar-refractivity contribution is 7.80. The van der Waals surface area contributed by atoms with Crippen molar-refractivity contribution in [2.75, 3.05) is 37.9 Å². The number of nitrogens with one attached hydrogen (secondary N) is 2. The molecule has 0 spiro atoms. The zero-order chi connectivity index (χ0) is 19.2. The first-order valence-electron chi connectivity index (χ1n) is 8.79. The maximum absolute atomic E-state index is 12.4. The van der Waals surface area contributed by atoms with Crippen LogP contribution in [0.15, 0.2) is 42.5 Å². The van der Waals surface area contributed by atoms with Gasteiger partial charge in [0.1, 0.15) is 11.5 Å². The molecule has 3 rings (SSSR count). The van der Waals surface area contributed by atoms with E-state index >= 15 is 0 Å². The third kappa shape index (κ3) is 4.89. The smallest absolute Gasteiger partial charge is 0.253 e. The predicted molar refractivity (Wildman–Crippen MR) is 111 cm³/mol. The maximum Gasteiger partial charge on any atom is 0.253 e. The number of thiocarbonyl (C=S) groups is 1. The van der Waals surface area contributed by atoms with Gasteiger partial charge in [-0.25, -0.2) is 0 Å². The number of methoxy groups -OCH3 is 2. The monoisotopic (exact) mass is 385 g/mol. The molecule has 0 saturated carbocycles. The van der Waals surface area contributed by atoms with Gasteiger partial charge in [-0.3, -0.25) is 4.79 Å². The Hall–Kier alpha value is -2.80. The number of carbonyl (C=O) groups excluding carboxylic acids is 1. The van der Waals surface area contributed by atoms with E-state index in [1.807, 2.05) is 41.3 Å². The summed E-state index contributed by atoms with van der Waals surface area (Å²) in [5.41, 5.74) is 2.25. The van der Waals surface area contributed by atoms with Crippen molar-refractivity contribution in [3.05, 3.63) is 48.0 Å². The number of nitrogens with zero attached hydrogens (tertiary/aromatic N) is 1. The Balaban J connectivity index is 1.61. The fraction of sp³-hybridized carbons (Fsp3) is 0.300. The topological polar surface area (TPSA) is 62.8 Å². The second kappa shape index (κ2) is 8.73. The van der Waals surface area contributed by atoms with Crippen molar-refractivity contribution in [3.8, 4) is 11.5 Å². The molecule has 7 heteroatoms. The summed E-state index contributed by atoms with van der Waals surface area (Å²) in [6.07, 6.45) is 2.17. The number of benzene rings is 2. The number of carbonyl (C=O) groups is 1. The molecule has 27 heavy (non-hydrogen) atoms. The molecule has 0 atom stereocenters. The van der Waals surface area contributed by atoms with Gasteiger partial charge in [0.25, 0.3) is 5.91 Å². The Morgan fingerprint density at radius 2 is 1.48 bits per heavy atom. The minimum atomic E-state index is 0.0863. The quantitative estimate of drug-likeness (QED) is 0.765. The van der Waals surface area contributed by atoms with Crippen molar-refractivity contribution in [1.82, 2.24) is 4.90 Å². The fourth-order valence-corrected chi connectivity index (χ4v) is 3.21. The van der Waals surface area contributed by atoms with Gasteiger partial charge in [0.05, 0.1) is 14.2 Å². The minimum Gasteiger partial charge on any atom is -0.497 e. The van der Waals surface area contributed by atoms with E-state index in [9.17, 15) is 4.79 Å². The zero-order valence-electron chi connectivity index (χ0n) is 15.5. The molecule has 6 nitrogen and oxygen atoms in total. The van der Waals surface area contributed by atoms with Crippen LogP contribution in [0.4, 0.5) is 11.4 Å². The highest BCUT2D eigenvalue weighted by Crippen LogP contribution is 2.26. The van der Waals surface area contributed by atoms with Crippen LogP contribution in [0.5, 0.6) is 11.5 Å². The van der Waals surface area contributed by atoms with Gasteiger partial charge in [-0.05, 0) is 49.3 Å². The van der Waals surface area contributed by atoms with Gasteiger partial charge < -0.3 is 25.0 Å². The van der Waals surface area contributed by atoms with Gasteiger partial charge >= 0.3 is 0 Å². The molecule has 1 fully saturated rings. The Morgan fingerprint density at radius 3 is 2.04 bits per heavy atom. The molecule has 0 bridgehead atoms. The lowest BCUT2D eigenvalue weighted by Crippen LogP contribution is -2.27. The average molecular weight is 385 g/mol. The van der Waals surface area contributed by atoms with Gasteiger partial charge in [-0.15, -0.1) is 0 Å². The van der Waals surface area contributed by atoms with E-state index in [0.717, 1.165) is 37.3 Å². The first-order chi connectivity index (χ1) is 13.1. The number of hydrogen-bond donors (Lipinski definition) is 2. The third-order valence-corrected chi connectivity index (χ3v) is 4.60. The van der Waals surface area contributed by atoms with Crippen LogP contribution in [-0.2, 0) is 0 Å². The Bertz CT molecular complexity index is 795. The molecule has 2 N–H and O–H groups in total. The standard InChI is InChI=1S/C20H23N3O3S/c1-25-17-11-16(12-18(13-17)26-2)22-20(27)21-15-7-5-14(6-8-15)19(24)23-9-3-4-10-23/h5-8,11-13H,3-4,9-10H2,1-2H3,(H2,21,22,27). The molecule has 1 aliphatic rings. The lowest BCUT2D eigenvalue weighted by molar-refractivity contribution is 0.0793. The molecule has 1 heterocycles. The third-order valence-electron chi connectivity index (χ3n) is 4.39. The van der Waals surface area contributed by atoms with E-state index in [-0.39, 0.29) is 5.91 Å². The van der Waals surface area contributed by atoms with Gasteiger partial charge in [-0.1, -0.05) is 0 Å². The first kappa shape index (κ1) is 19.0. The highest BCUT2D eigenvalue weighted by atomic mass is 32.1. The number of rotatable bonds is 5. The zero-order valence-corrected chi connectivity index (χ0v) is 16.3. The Labute approximate surface area is 164 Å². The number of ether oxygens (including phenoxy) is 2. The van der Waals surface area contributed by atoms with Crippen LogP contribution in [0.1, 0.15) is 23.2 Å². The molecule has 142 valence electrons. The van der Waals surface area contributed by atoms with Crippen molar-refractivity contribution in [2.24, 2.45) is 0 Å². The molecule has 2 aromatic carbocycles. The molecule has 1 saturated heterocycles. The second-order valence-electron chi connectivity index (χ2n) is 6.26. The van der Waals surface area contributed by atoms with E-state index in [1.165, 1.54) is 0 Å². The molecule has 0 aromatic heterocycles. The lowest BCUT2D eigenvalue weighted by atomic mass is 10.2. The van der Waals surface area contributed by atoms with E-state index < -0.39 is 0 Å². The first-order valence-corrected chi connectivity index (χ1v) is 9.20. The van der Waals surface area contributed by atoms with Crippen molar-refractivity contribution < 1.29 is 14.3 Å².